The number of hydrogen-bond donors (Lipinski definition) is 0. The van der Waals surface area contributed by atoms with E-state index in [0.29, 0.717) is 36.5 Å². The van der Waals surface area contributed by atoms with Crippen molar-refractivity contribution in [2.45, 2.75) is 32.8 Å². The van der Waals surface area contributed by atoms with Crippen LogP contribution in [-0.2, 0) is 22.6 Å². The molecule has 0 radical (unpaired) electrons. The molecule has 29 heavy (non-hydrogen) atoms. The number of hydrogen-bond acceptors (Lipinski definition) is 8. The standard InChI is InChI=1S/C19H20N4O5S/c1-2-15-21-23-16(24)9-13(20-19(23)29-15)11-28-18(26)12-5-3-7-22(10-12)17(25)14-6-4-8-27-14/h4,6,8-9,12H,2-3,5,7,10-11H2,1H3/t12-/m1/s1. The Balaban J connectivity index is 1.39. The zero-order valence-corrected chi connectivity index (χ0v) is 16.7. The maximum Gasteiger partial charge on any atom is 0.311 e. The van der Waals surface area contributed by atoms with Crippen LogP contribution in [0.15, 0.2) is 33.7 Å². The van der Waals surface area contributed by atoms with Gasteiger partial charge in [0.25, 0.3) is 11.5 Å². The number of carbonyl (C=O) groups is 2. The molecule has 0 aliphatic carbocycles. The van der Waals surface area contributed by atoms with E-state index in [9.17, 15) is 14.4 Å². The SMILES string of the molecule is CCc1nn2c(=O)cc(COC(=O)[C@@H]3CCCN(C(=O)c4ccco4)C3)nc2s1. The minimum Gasteiger partial charge on any atom is -0.459 e. The highest BCUT2D eigenvalue weighted by molar-refractivity contribution is 7.16. The molecule has 0 aromatic carbocycles. The second-order valence-electron chi connectivity index (χ2n) is 6.80. The van der Waals surface area contributed by atoms with Crippen molar-refractivity contribution in [1.82, 2.24) is 19.5 Å². The number of rotatable bonds is 5. The average molecular weight is 416 g/mol. The van der Waals surface area contributed by atoms with Crippen molar-refractivity contribution in [3.05, 3.63) is 51.3 Å². The zero-order valence-electron chi connectivity index (χ0n) is 15.9. The predicted molar refractivity (Wildman–Crippen MR) is 104 cm³/mol. The Kier molecular flexibility index (Phi) is 5.43. The summed E-state index contributed by atoms with van der Waals surface area (Å²) in [6.07, 6.45) is 3.51. The number of esters is 1. The molecule has 152 valence electrons. The molecule has 3 aromatic heterocycles. The van der Waals surface area contributed by atoms with Crippen LogP contribution in [0.1, 0.15) is 41.0 Å². The Morgan fingerprint density at radius 1 is 1.41 bits per heavy atom. The Morgan fingerprint density at radius 2 is 2.28 bits per heavy atom. The summed E-state index contributed by atoms with van der Waals surface area (Å²) in [4.78, 5) is 43.6. The smallest absolute Gasteiger partial charge is 0.311 e. The summed E-state index contributed by atoms with van der Waals surface area (Å²) in [5, 5.41) is 5.01. The highest BCUT2D eigenvalue weighted by Crippen LogP contribution is 2.21. The first-order valence-electron chi connectivity index (χ1n) is 9.43. The second kappa shape index (κ2) is 8.16. The molecule has 1 aliphatic rings. The summed E-state index contributed by atoms with van der Waals surface area (Å²) in [5.41, 5.74) is 0.0823. The van der Waals surface area contributed by atoms with Crippen molar-refractivity contribution in [2.75, 3.05) is 13.1 Å². The quantitative estimate of drug-likeness (QED) is 0.585. The summed E-state index contributed by atoms with van der Waals surface area (Å²) < 4.78 is 11.8. The molecule has 10 heteroatoms. The van der Waals surface area contributed by atoms with Crippen LogP contribution in [0.5, 0.6) is 0 Å². The molecule has 0 bridgehead atoms. The van der Waals surface area contributed by atoms with Crippen LogP contribution in [0.2, 0.25) is 0 Å². The first-order valence-corrected chi connectivity index (χ1v) is 10.2. The number of fused-ring (bicyclic) bond motifs is 1. The Labute approximate surface area is 169 Å². The van der Waals surface area contributed by atoms with Crippen molar-refractivity contribution in [3.63, 3.8) is 0 Å². The third-order valence-corrected chi connectivity index (χ3v) is 5.83. The molecule has 1 saturated heterocycles. The van der Waals surface area contributed by atoms with Gasteiger partial charge >= 0.3 is 5.97 Å². The third-order valence-electron chi connectivity index (χ3n) is 4.78. The summed E-state index contributed by atoms with van der Waals surface area (Å²) >= 11 is 1.34. The van der Waals surface area contributed by atoms with E-state index in [4.69, 9.17) is 9.15 Å². The van der Waals surface area contributed by atoms with Gasteiger partial charge in [0, 0.05) is 19.2 Å². The molecule has 4 heterocycles. The molecule has 4 rings (SSSR count). The Morgan fingerprint density at radius 3 is 3.03 bits per heavy atom. The van der Waals surface area contributed by atoms with Gasteiger partial charge in [-0.15, -0.1) is 0 Å². The Hall–Kier alpha value is -3.01. The summed E-state index contributed by atoms with van der Waals surface area (Å²) in [6, 6.07) is 4.59. The van der Waals surface area contributed by atoms with Crippen LogP contribution in [0.25, 0.3) is 4.96 Å². The topological polar surface area (TPSA) is 107 Å². The molecule has 0 N–H and O–H groups in total. The summed E-state index contributed by atoms with van der Waals surface area (Å²) in [7, 11) is 0. The highest BCUT2D eigenvalue weighted by Gasteiger charge is 2.31. The highest BCUT2D eigenvalue weighted by atomic mass is 32.1. The molecule has 1 atom stereocenters. The van der Waals surface area contributed by atoms with Crippen LogP contribution >= 0.6 is 11.3 Å². The number of ether oxygens (including phenoxy) is 1. The number of aromatic nitrogens is 3. The molecule has 0 saturated carbocycles. The first-order chi connectivity index (χ1) is 14.0. The number of likely N-dealkylation sites (tertiary alicyclic amines) is 1. The summed E-state index contributed by atoms with van der Waals surface area (Å²) in [6.45, 7) is 2.72. The second-order valence-corrected chi connectivity index (χ2v) is 7.85. The van der Waals surface area contributed by atoms with Gasteiger partial charge in [0.05, 0.1) is 17.9 Å². The number of piperidine rings is 1. The maximum atomic E-state index is 12.5. The first kappa shape index (κ1) is 19.3. The fraction of sp³-hybridized carbons (Fsp3) is 0.421. The van der Waals surface area contributed by atoms with Gasteiger partial charge in [-0.05, 0) is 31.4 Å². The van der Waals surface area contributed by atoms with Gasteiger partial charge in [-0.3, -0.25) is 14.4 Å². The lowest BCUT2D eigenvalue weighted by atomic mass is 9.98. The van der Waals surface area contributed by atoms with E-state index in [-0.39, 0.29) is 30.4 Å². The number of furan rings is 1. The van der Waals surface area contributed by atoms with Crippen LogP contribution in [-0.4, -0.2) is 44.5 Å². The van der Waals surface area contributed by atoms with Crippen molar-refractivity contribution in [3.8, 4) is 0 Å². The molecule has 0 unspecified atom stereocenters. The van der Waals surface area contributed by atoms with Gasteiger partial charge in [0.15, 0.2) is 5.76 Å². The average Bonchev–Trinajstić information content (AvgIpc) is 3.41. The van der Waals surface area contributed by atoms with E-state index in [1.54, 1.807) is 17.0 Å². The molecule has 1 aliphatic heterocycles. The molecule has 1 fully saturated rings. The van der Waals surface area contributed by atoms with Gasteiger partial charge in [-0.2, -0.15) is 9.61 Å². The van der Waals surface area contributed by atoms with Crippen LogP contribution in [0.4, 0.5) is 0 Å². The fourth-order valence-corrected chi connectivity index (χ4v) is 4.14. The minimum atomic E-state index is -0.414. The largest absolute Gasteiger partial charge is 0.459 e. The molecule has 1 amide bonds. The van der Waals surface area contributed by atoms with Crippen LogP contribution in [0, 0.1) is 5.92 Å². The zero-order chi connectivity index (χ0) is 20.4. The third kappa shape index (κ3) is 4.07. The van der Waals surface area contributed by atoms with E-state index in [1.807, 2.05) is 6.92 Å². The van der Waals surface area contributed by atoms with Crippen molar-refractivity contribution in [2.24, 2.45) is 5.92 Å². The fourth-order valence-electron chi connectivity index (χ4n) is 3.29. The summed E-state index contributed by atoms with van der Waals surface area (Å²) in [5.74, 6) is -0.789. The normalized spacial score (nSPS) is 16.9. The number of carbonyl (C=O) groups excluding carboxylic acids is 2. The van der Waals surface area contributed by atoms with Crippen molar-refractivity contribution >= 4 is 28.2 Å². The van der Waals surface area contributed by atoms with Crippen LogP contribution < -0.4 is 5.56 Å². The lowest BCUT2D eigenvalue weighted by Crippen LogP contribution is -2.42. The minimum absolute atomic E-state index is 0.0907. The van der Waals surface area contributed by atoms with E-state index in [0.717, 1.165) is 5.01 Å². The maximum absolute atomic E-state index is 12.5. The van der Waals surface area contributed by atoms with E-state index in [2.05, 4.69) is 10.1 Å². The molecular formula is C19H20N4O5S. The number of amides is 1. The molecule has 0 spiro atoms. The van der Waals surface area contributed by atoms with Gasteiger partial charge in [-0.25, -0.2) is 4.98 Å². The van der Waals surface area contributed by atoms with E-state index < -0.39 is 11.9 Å². The molecule has 9 nitrogen and oxygen atoms in total. The van der Waals surface area contributed by atoms with Crippen molar-refractivity contribution in [1.29, 1.82) is 0 Å². The number of nitrogens with zero attached hydrogens (tertiary/aromatic N) is 4. The monoisotopic (exact) mass is 416 g/mol. The predicted octanol–water partition coefficient (Wildman–Crippen LogP) is 1.90. The van der Waals surface area contributed by atoms with Gasteiger partial charge in [0.2, 0.25) is 4.96 Å². The molecule has 3 aromatic rings. The Bertz CT molecular complexity index is 1090. The van der Waals surface area contributed by atoms with Crippen molar-refractivity contribution < 1.29 is 18.7 Å². The molecular weight excluding hydrogens is 396 g/mol. The lowest BCUT2D eigenvalue weighted by molar-refractivity contribution is -0.151. The van der Waals surface area contributed by atoms with E-state index in [1.165, 1.54) is 28.2 Å². The van der Waals surface area contributed by atoms with Gasteiger partial charge < -0.3 is 14.1 Å². The number of aryl methyl sites for hydroxylation is 1. The van der Waals surface area contributed by atoms with Gasteiger partial charge in [-0.1, -0.05) is 18.3 Å². The lowest BCUT2D eigenvalue weighted by Gasteiger charge is -2.30. The van der Waals surface area contributed by atoms with Gasteiger partial charge in [0.1, 0.15) is 11.6 Å². The van der Waals surface area contributed by atoms with E-state index >= 15 is 0 Å². The van der Waals surface area contributed by atoms with Crippen LogP contribution in [0.3, 0.4) is 0 Å².